The van der Waals surface area contributed by atoms with Gasteiger partial charge in [0.1, 0.15) is 0 Å². The van der Waals surface area contributed by atoms with Crippen molar-refractivity contribution in [3.8, 4) is 0 Å². The Labute approximate surface area is 146 Å². The third kappa shape index (κ3) is 5.21. The van der Waals surface area contributed by atoms with Crippen LogP contribution in [0.25, 0.3) is 0 Å². The molecular formula is C18H33N5O. The molecule has 0 bridgehead atoms. The van der Waals surface area contributed by atoms with Crippen LogP contribution in [0.5, 0.6) is 0 Å². The molecule has 1 unspecified atom stereocenters. The molecular weight excluding hydrogens is 302 g/mol. The molecule has 136 valence electrons. The van der Waals surface area contributed by atoms with Crippen LogP contribution in [-0.2, 0) is 6.42 Å². The molecule has 1 fully saturated rings. The maximum Gasteiger partial charge on any atom is 0.226 e. The van der Waals surface area contributed by atoms with Crippen LogP contribution in [0.3, 0.4) is 0 Å². The Hall–Kier alpha value is -1.59. The number of guanidine groups is 1. The highest BCUT2D eigenvalue weighted by Gasteiger charge is 2.29. The van der Waals surface area contributed by atoms with Crippen LogP contribution in [0.2, 0.25) is 0 Å². The van der Waals surface area contributed by atoms with Gasteiger partial charge in [0.15, 0.2) is 11.8 Å². The fourth-order valence-electron chi connectivity index (χ4n) is 3.60. The van der Waals surface area contributed by atoms with Crippen LogP contribution < -0.4 is 5.32 Å². The lowest BCUT2D eigenvalue weighted by molar-refractivity contribution is 0.319. The number of aromatic nitrogens is 2. The fourth-order valence-corrected chi connectivity index (χ4v) is 3.60. The van der Waals surface area contributed by atoms with Crippen LogP contribution in [0.4, 0.5) is 0 Å². The Balaban J connectivity index is 1.84. The van der Waals surface area contributed by atoms with Crippen LogP contribution in [0.15, 0.2) is 9.52 Å². The highest BCUT2D eigenvalue weighted by atomic mass is 16.5. The second-order valence-corrected chi connectivity index (χ2v) is 6.65. The van der Waals surface area contributed by atoms with E-state index in [1.54, 1.807) is 0 Å². The highest BCUT2D eigenvalue weighted by molar-refractivity contribution is 5.80. The molecule has 0 aromatic carbocycles. The van der Waals surface area contributed by atoms with Crippen LogP contribution in [0, 0.1) is 18.8 Å². The van der Waals surface area contributed by atoms with Crippen molar-refractivity contribution in [2.75, 3.05) is 26.2 Å². The van der Waals surface area contributed by atoms with Gasteiger partial charge in [-0.2, -0.15) is 4.98 Å². The first kappa shape index (κ1) is 18.7. The van der Waals surface area contributed by atoms with E-state index >= 15 is 0 Å². The van der Waals surface area contributed by atoms with Gasteiger partial charge in [-0.1, -0.05) is 31.8 Å². The summed E-state index contributed by atoms with van der Waals surface area (Å²) in [5.41, 5.74) is 0. The molecule has 0 spiro atoms. The van der Waals surface area contributed by atoms with Gasteiger partial charge in [0.05, 0.1) is 0 Å². The van der Waals surface area contributed by atoms with E-state index in [1.165, 1.54) is 19.3 Å². The molecule has 6 heteroatoms. The van der Waals surface area contributed by atoms with Gasteiger partial charge in [-0.15, -0.1) is 0 Å². The average molecular weight is 335 g/mol. The van der Waals surface area contributed by atoms with Gasteiger partial charge in [0.2, 0.25) is 5.89 Å². The quantitative estimate of drug-likeness (QED) is 0.449. The lowest BCUT2D eigenvalue weighted by Crippen LogP contribution is -2.40. The Morgan fingerprint density at radius 3 is 2.79 bits per heavy atom. The van der Waals surface area contributed by atoms with E-state index in [1.807, 2.05) is 6.92 Å². The molecule has 0 radical (unpaired) electrons. The molecule has 1 atom stereocenters. The summed E-state index contributed by atoms with van der Waals surface area (Å²) in [6, 6.07) is 0. The average Bonchev–Trinajstić information content (AvgIpc) is 3.21. The third-order valence-electron chi connectivity index (χ3n) is 4.95. The van der Waals surface area contributed by atoms with Gasteiger partial charge in [0, 0.05) is 32.6 Å². The number of likely N-dealkylation sites (tertiary alicyclic amines) is 1. The summed E-state index contributed by atoms with van der Waals surface area (Å²) in [7, 11) is 0. The highest BCUT2D eigenvalue weighted by Crippen LogP contribution is 2.28. The number of aliphatic imine (C=N–C) groups is 1. The van der Waals surface area contributed by atoms with Gasteiger partial charge in [-0.3, -0.25) is 4.99 Å². The van der Waals surface area contributed by atoms with Crippen molar-refractivity contribution in [2.24, 2.45) is 16.8 Å². The summed E-state index contributed by atoms with van der Waals surface area (Å²) in [6.07, 6.45) is 5.58. The van der Waals surface area contributed by atoms with Crippen molar-refractivity contribution < 1.29 is 4.52 Å². The number of aryl methyl sites for hydroxylation is 2. The topological polar surface area (TPSA) is 66.5 Å². The monoisotopic (exact) mass is 335 g/mol. The second-order valence-electron chi connectivity index (χ2n) is 6.65. The molecule has 2 rings (SSSR count). The van der Waals surface area contributed by atoms with Gasteiger partial charge in [-0.25, -0.2) is 0 Å². The summed E-state index contributed by atoms with van der Waals surface area (Å²) in [5.74, 6) is 4.13. The number of nitrogens with one attached hydrogen (secondary N) is 1. The molecule has 0 amide bonds. The second kappa shape index (κ2) is 9.64. The van der Waals surface area contributed by atoms with Crippen molar-refractivity contribution >= 4 is 5.96 Å². The molecule has 2 heterocycles. The first-order valence-corrected chi connectivity index (χ1v) is 9.50. The van der Waals surface area contributed by atoms with E-state index in [0.29, 0.717) is 11.7 Å². The molecule has 1 aliphatic rings. The predicted octanol–water partition coefficient (Wildman–Crippen LogP) is 3.03. The predicted molar refractivity (Wildman–Crippen MR) is 97.1 cm³/mol. The number of hydrogen-bond donors (Lipinski definition) is 1. The molecule has 1 aromatic heterocycles. The van der Waals surface area contributed by atoms with E-state index in [-0.39, 0.29) is 0 Å². The summed E-state index contributed by atoms with van der Waals surface area (Å²) in [5, 5.41) is 7.27. The normalized spacial score (nSPS) is 18.6. The van der Waals surface area contributed by atoms with E-state index in [4.69, 9.17) is 9.52 Å². The van der Waals surface area contributed by atoms with E-state index in [2.05, 4.69) is 41.1 Å². The molecule has 1 N–H and O–H groups in total. The van der Waals surface area contributed by atoms with Gasteiger partial charge < -0.3 is 14.7 Å². The molecule has 0 aliphatic carbocycles. The van der Waals surface area contributed by atoms with Crippen LogP contribution >= 0.6 is 0 Å². The van der Waals surface area contributed by atoms with E-state index in [0.717, 1.165) is 56.8 Å². The zero-order valence-corrected chi connectivity index (χ0v) is 15.7. The largest absolute Gasteiger partial charge is 0.357 e. The van der Waals surface area contributed by atoms with Crippen molar-refractivity contribution in [2.45, 2.75) is 59.8 Å². The van der Waals surface area contributed by atoms with Gasteiger partial charge in [0.25, 0.3) is 0 Å². The third-order valence-corrected chi connectivity index (χ3v) is 4.95. The molecule has 6 nitrogen and oxygen atoms in total. The standard InChI is InChI=1S/C18H33N5O/c1-5-15(6-2)16-10-12-23(13-16)18(19-7-3)20-11-8-9-17-21-14(4)22-24-17/h15-16H,5-13H2,1-4H3,(H,19,20). The summed E-state index contributed by atoms with van der Waals surface area (Å²) < 4.78 is 5.15. The Kier molecular flexibility index (Phi) is 7.53. The fraction of sp³-hybridized carbons (Fsp3) is 0.833. The smallest absolute Gasteiger partial charge is 0.226 e. The molecule has 1 saturated heterocycles. The minimum absolute atomic E-state index is 0.700. The Morgan fingerprint density at radius 2 is 2.17 bits per heavy atom. The summed E-state index contributed by atoms with van der Waals surface area (Å²) >= 11 is 0. The van der Waals surface area contributed by atoms with Crippen LogP contribution in [0.1, 0.15) is 58.2 Å². The lowest BCUT2D eigenvalue weighted by atomic mass is 9.87. The summed E-state index contributed by atoms with van der Waals surface area (Å²) in [4.78, 5) is 11.5. The summed E-state index contributed by atoms with van der Waals surface area (Å²) in [6.45, 7) is 12.6. The number of rotatable bonds is 8. The van der Waals surface area contributed by atoms with E-state index in [9.17, 15) is 0 Å². The first-order chi connectivity index (χ1) is 11.7. The Bertz CT molecular complexity index is 509. The maximum atomic E-state index is 5.15. The molecule has 24 heavy (non-hydrogen) atoms. The SMILES string of the molecule is CCNC(=NCCCc1nc(C)no1)N1CCC(C(CC)CC)C1. The molecule has 0 saturated carbocycles. The zero-order chi connectivity index (χ0) is 17.4. The number of nitrogens with zero attached hydrogens (tertiary/aromatic N) is 4. The minimum atomic E-state index is 0.700. The Morgan fingerprint density at radius 1 is 1.38 bits per heavy atom. The maximum absolute atomic E-state index is 5.15. The van der Waals surface area contributed by atoms with Crippen LogP contribution in [-0.4, -0.2) is 47.2 Å². The lowest BCUT2D eigenvalue weighted by Gasteiger charge is -2.24. The first-order valence-electron chi connectivity index (χ1n) is 9.50. The molecule has 1 aromatic rings. The van der Waals surface area contributed by atoms with Crippen molar-refractivity contribution in [3.63, 3.8) is 0 Å². The zero-order valence-electron chi connectivity index (χ0n) is 15.7. The van der Waals surface area contributed by atoms with Gasteiger partial charge in [-0.05, 0) is 38.5 Å². The van der Waals surface area contributed by atoms with Crippen molar-refractivity contribution in [1.82, 2.24) is 20.4 Å². The van der Waals surface area contributed by atoms with Gasteiger partial charge >= 0.3 is 0 Å². The van der Waals surface area contributed by atoms with E-state index < -0.39 is 0 Å². The minimum Gasteiger partial charge on any atom is -0.357 e. The number of hydrogen-bond acceptors (Lipinski definition) is 4. The van der Waals surface area contributed by atoms with Crippen molar-refractivity contribution in [1.29, 1.82) is 0 Å². The van der Waals surface area contributed by atoms with Crippen molar-refractivity contribution in [3.05, 3.63) is 11.7 Å². The molecule has 1 aliphatic heterocycles.